The molecule has 0 aromatic heterocycles. The number of hydrogen-bond acceptors (Lipinski definition) is 3. The molecule has 1 fully saturated rings. The maximum absolute atomic E-state index is 11.6. The summed E-state index contributed by atoms with van der Waals surface area (Å²) in [6.07, 6.45) is 2.32. The van der Waals surface area contributed by atoms with Gasteiger partial charge in [0.2, 0.25) is 11.8 Å². The Kier molecular flexibility index (Phi) is 5.25. The molecule has 1 atom stereocenters. The van der Waals surface area contributed by atoms with Crippen LogP contribution in [0.5, 0.6) is 0 Å². The lowest BCUT2D eigenvalue weighted by molar-refractivity contribution is -0.133. The molecule has 0 spiro atoms. The summed E-state index contributed by atoms with van der Waals surface area (Å²) in [5.74, 6) is -0.354. The van der Waals surface area contributed by atoms with Gasteiger partial charge in [0.25, 0.3) is 0 Å². The molecule has 5 heteroatoms. The van der Waals surface area contributed by atoms with E-state index in [0.29, 0.717) is 6.42 Å². The Balaban J connectivity index is 2.37. The lowest BCUT2D eigenvalue weighted by Crippen LogP contribution is -2.43. The fourth-order valence-corrected chi connectivity index (χ4v) is 1.69. The summed E-state index contributed by atoms with van der Waals surface area (Å²) in [6, 6.07) is 0. The summed E-state index contributed by atoms with van der Waals surface area (Å²) in [6.45, 7) is 3.61. The molecule has 0 radical (unpaired) electrons. The van der Waals surface area contributed by atoms with Gasteiger partial charge in [0.05, 0.1) is 4.83 Å². The summed E-state index contributed by atoms with van der Waals surface area (Å²) in [7, 11) is 0. The Hall–Kier alpha value is -0.420. The van der Waals surface area contributed by atoms with Gasteiger partial charge >= 0.3 is 0 Å². The van der Waals surface area contributed by atoms with Gasteiger partial charge in [0.1, 0.15) is 0 Å². The summed E-state index contributed by atoms with van der Waals surface area (Å²) >= 11 is 3.22. The first-order valence-corrected chi connectivity index (χ1v) is 6.26. The quantitative estimate of drug-likeness (QED) is 0.750. The Morgan fingerprint density at radius 3 is 2.60 bits per heavy atom. The molecule has 86 valence electrons. The van der Waals surface area contributed by atoms with Crippen LogP contribution >= 0.6 is 15.9 Å². The lowest BCUT2D eigenvalue weighted by Gasteiger charge is -2.21. The second kappa shape index (κ2) is 6.23. The van der Waals surface area contributed by atoms with Crippen molar-refractivity contribution < 1.29 is 9.59 Å². The van der Waals surface area contributed by atoms with Crippen molar-refractivity contribution in [3.05, 3.63) is 0 Å². The molecule has 2 N–H and O–H groups in total. The third-order valence-electron chi connectivity index (χ3n) is 2.60. The first-order valence-electron chi connectivity index (χ1n) is 5.34. The Morgan fingerprint density at radius 1 is 1.47 bits per heavy atom. The van der Waals surface area contributed by atoms with Crippen LogP contribution in [0, 0.1) is 5.92 Å². The number of imide groups is 1. The second-order valence-electron chi connectivity index (χ2n) is 3.75. The van der Waals surface area contributed by atoms with Crippen molar-refractivity contribution in [1.29, 1.82) is 0 Å². The fraction of sp³-hybridized carbons (Fsp3) is 0.800. The molecule has 0 aliphatic carbocycles. The van der Waals surface area contributed by atoms with Crippen LogP contribution in [0.25, 0.3) is 0 Å². The van der Waals surface area contributed by atoms with Crippen LogP contribution in [-0.4, -0.2) is 29.7 Å². The third-order valence-corrected chi connectivity index (χ3v) is 3.66. The molecule has 1 aliphatic heterocycles. The minimum absolute atomic E-state index is 0.00763. The zero-order chi connectivity index (χ0) is 11.3. The Bertz CT molecular complexity index is 240. The molecule has 1 rings (SSSR count). The van der Waals surface area contributed by atoms with Crippen molar-refractivity contribution in [3.63, 3.8) is 0 Å². The van der Waals surface area contributed by atoms with Gasteiger partial charge in [-0.15, -0.1) is 0 Å². The van der Waals surface area contributed by atoms with Gasteiger partial charge in [0, 0.05) is 5.92 Å². The van der Waals surface area contributed by atoms with E-state index in [1.165, 1.54) is 0 Å². The third kappa shape index (κ3) is 3.91. The van der Waals surface area contributed by atoms with E-state index in [1.54, 1.807) is 0 Å². The highest BCUT2D eigenvalue weighted by atomic mass is 79.9. The van der Waals surface area contributed by atoms with Crippen LogP contribution < -0.4 is 10.6 Å². The molecule has 1 unspecified atom stereocenters. The molecule has 1 aliphatic rings. The normalized spacial score (nSPS) is 19.6. The number of piperidine rings is 1. The van der Waals surface area contributed by atoms with E-state index in [1.807, 2.05) is 6.92 Å². The minimum Gasteiger partial charge on any atom is -0.317 e. The van der Waals surface area contributed by atoms with E-state index in [2.05, 4.69) is 26.6 Å². The van der Waals surface area contributed by atoms with E-state index in [-0.39, 0.29) is 22.6 Å². The summed E-state index contributed by atoms with van der Waals surface area (Å²) in [5, 5.41) is 5.63. The smallest absolute Gasteiger partial charge is 0.240 e. The highest BCUT2D eigenvalue weighted by Crippen LogP contribution is 2.12. The van der Waals surface area contributed by atoms with Gasteiger partial charge in [-0.25, -0.2) is 0 Å². The van der Waals surface area contributed by atoms with E-state index in [4.69, 9.17) is 0 Å². The molecule has 0 aromatic rings. The minimum atomic E-state index is -0.261. The number of halogens is 1. The monoisotopic (exact) mass is 276 g/mol. The molecular formula is C10H17BrN2O2. The van der Waals surface area contributed by atoms with E-state index in [9.17, 15) is 9.59 Å². The first kappa shape index (κ1) is 12.6. The van der Waals surface area contributed by atoms with Gasteiger partial charge < -0.3 is 5.32 Å². The standard InChI is InChI=1S/C10H17BrN2O2/c1-2-8(11)10(15)13-9(14)7-3-5-12-6-4-7/h7-8,12H,2-6H2,1H3,(H,13,14,15). The maximum Gasteiger partial charge on any atom is 0.240 e. The van der Waals surface area contributed by atoms with E-state index in [0.717, 1.165) is 25.9 Å². The largest absolute Gasteiger partial charge is 0.317 e. The molecule has 4 nitrogen and oxygen atoms in total. The van der Waals surface area contributed by atoms with Crippen molar-refractivity contribution >= 4 is 27.7 Å². The van der Waals surface area contributed by atoms with Crippen LogP contribution in [0.2, 0.25) is 0 Å². The van der Waals surface area contributed by atoms with Crippen molar-refractivity contribution in [2.24, 2.45) is 5.92 Å². The zero-order valence-corrected chi connectivity index (χ0v) is 10.5. The average molecular weight is 277 g/mol. The fourth-order valence-electron chi connectivity index (χ4n) is 1.57. The predicted molar refractivity (Wildman–Crippen MR) is 61.7 cm³/mol. The predicted octanol–water partition coefficient (Wildman–Crippen LogP) is 0.802. The molecule has 1 saturated heterocycles. The summed E-state index contributed by atoms with van der Waals surface area (Å²) in [4.78, 5) is 22.8. The average Bonchev–Trinajstić information content (AvgIpc) is 2.29. The second-order valence-corrected chi connectivity index (χ2v) is 4.86. The number of carbonyl (C=O) groups excluding carboxylic acids is 2. The van der Waals surface area contributed by atoms with Crippen LogP contribution in [0.4, 0.5) is 0 Å². The van der Waals surface area contributed by atoms with Crippen LogP contribution in [0.15, 0.2) is 0 Å². The number of hydrogen-bond donors (Lipinski definition) is 2. The number of carbonyl (C=O) groups is 2. The topological polar surface area (TPSA) is 58.2 Å². The number of amides is 2. The summed E-state index contributed by atoms with van der Waals surface area (Å²) in [5.41, 5.74) is 0. The number of nitrogens with one attached hydrogen (secondary N) is 2. The van der Waals surface area contributed by atoms with Gasteiger partial charge in [-0.2, -0.15) is 0 Å². The lowest BCUT2D eigenvalue weighted by atomic mass is 9.97. The Labute approximate surface area is 98.3 Å². The molecule has 0 bridgehead atoms. The number of alkyl halides is 1. The molecule has 15 heavy (non-hydrogen) atoms. The SMILES string of the molecule is CCC(Br)C(=O)NC(=O)C1CCNCC1. The van der Waals surface area contributed by atoms with Crippen LogP contribution in [-0.2, 0) is 9.59 Å². The maximum atomic E-state index is 11.6. The van der Waals surface area contributed by atoms with Crippen LogP contribution in [0.3, 0.4) is 0 Å². The molecule has 0 aromatic carbocycles. The van der Waals surface area contributed by atoms with Crippen LogP contribution in [0.1, 0.15) is 26.2 Å². The molecular weight excluding hydrogens is 260 g/mol. The zero-order valence-electron chi connectivity index (χ0n) is 8.88. The van der Waals surface area contributed by atoms with Gasteiger partial charge in [-0.3, -0.25) is 14.9 Å². The molecule has 0 saturated carbocycles. The van der Waals surface area contributed by atoms with E-state index >= 15 is 0 Å². The Morgan fingerprint density at radius 2 is 2.07 bits per heavy atom. The summed E-state index contributed by atoms with van der Waals surface area (Å²) < 4.78 is 0. The molecule has 1 heterocycles. The van der Waals surface area contributed by atoms with Crippen molar-refractivity contribution in [3.8, 4) is 0 Å². The van der Waals surface area contributed by atoms with Crippen molar-refractivity contribution in [2.45, 2.75) is 31.0 Å². The van der Waals surface area contributed by atoms with Gasteiger partial charge in [0.15, 0.2) is 0 Å². The van der Waals surface area contributed by atoms with E-state index < -0.39 is 0 Å². The highest BCUT2D eigenvalue weighted by Gasteiger charge is 2.24. The number of rotatable bonds is 3. The first-order chi connectivity index (χ1) is 7.15. The van der Waals surface area contributed by atoms with Gasteiger partial charge in [-0.05, 0) is 32.4 Å². The van der Waals surface area contributed by atoms with Crippen molar-refractivity contribution in [2.75, 3.05) is 13.1 Å². The molecule has 2 amide bonds. The van der Waals surface area contributed by atoms with Gasteiger partial charge in [-0.1, -0.05) is 22.9 Å². The van der Waals surface area contributed by atoms with Crippen molar-refractivity contribution in [1.82, 2.24) is 10.6 Å². The highest BCUT2D eigenvalue weighted by molar-refractivity contribution is 9.10.